The molecule has 1 aliphatic heterocycles. The minimum atomic E-state index is -4.68. The van der Waals surface area contributed by atoms with Crippen LogP contribution in [0.15, 0.2) is 42.5 Å². The molecule has 1 saturated heterocycles. The van der Waals surface area contributed by atoms with Crippen molar-refractivity contribution in [2.24, 2.45) is 0 Å². The molecular weight excluding hydrogens is 415 g/mol. The summed E-state index contributed by atoms with van der Waals surface area (Å²) in [6.45, 7) is 0. The van der Waals surface area contributed by atoms with Gasteiger partial charge in [-0.05, 0) is 41.3 Å². The van der Waals surface area contributed by atoms with Crippen LogP contribution in [0.4, 0.5) is 22.0 Å². The van der Waals surface area contributed by atoms with Crippen molar-refractivity contribution in [1.82, 2.24) is 0 Å². The summed E-state index contributed by atoms with van der Waals surface area (Å²) in [6.07, 6.45) is -14.0. The van der Waals surface area contributed by atoms with E-state index in [4.69, 9.17) is 9.47 Å². The average molecular weight is 434 g/mol. The second kappa shape index (κ2) is 8.10. The second-order valence-corrected chi connectivity index (χ2v) is 6.96. The van der Waals surface area contributed by atoms with E-state index < -0.39 is 42.3 Å². The van der Waals surface area contributed by atoms with E-state index >= 15 is 0 Å². The molecule has 30 heavy (non-hydrogen) atoms. The topological polar surface area (TPSA) is 79.2 Å². The molecule has 0 saturated carbocycles. The molecule has 1 fully saturated rings. The Morgan fingerprint density at radius 2 is 1.67 bits per heavy atom. The molecule has 0 aromatic heterocycles. The zero-order valence-corrected chi connectivity index (χ0v) is 15.6. The van der Waals surface area contributed by atoms with Crippen LogP contribution in [0.2, 0.25) is 0 Å². The number of rotatable bonds is 4. The number of aliphatic hydroxyl groups is 3. The van der Waals surface area contributed by atoms with Crippen molar-refractivity contribution < 1.29 is 46.7 Å². The van der Waals surface area contributed by atoms with Crippen molar-refractivity contribution in [3.63, 3.8) is 0 Å². The SMILES string of the molecule is COc1ccc(Cc2cc([C@@H]3O[C@H](O)C(F)(F)[C@H](O)[C@H]3O)ccc2C(F)(F)F)cc1. The number of aliphatic hydroxyl groups excluding tert-OH is 3. The first-order valence-electron chi connectivity index (χ1n) is 8.85. The number of benzene rings is 2. The largest absolute Gasteiger partial charge is 0.497 e. The predicted octanol–water partition coefficient (Wildman–Crippen LogP) is 3.05. The van der Waals surface area contributed by atoms with E-state index in [1.54, 1.807) is 24.3 Å². The van der Waals surface area contributed by atoms with Crippen molar-refractivity contribution >= 4 is 0 Å². The lowest BCUT2D eigenvalue weighted by Gasteiger charge is -2.40. The molecule has 3 N–H and O–H groups in total. The van der Waals surface area contributed by atoms with E-state index in [1.807, 2.05) is 0 Å². The smallest absolute Gasteiger partial charge is 0.416 e. The molecule has 0 amide bonds. The summed E-state index contributed by atoms with van der Waals surface area (Å²) in [5.74, 6) is -3.61. The van der Waals surface area contributed by atoms with Crippen LogP contribution in [0, 0.1) is 0 Å². The molecule has 5 nitrogen and oxygen atoms in total. The molecule has 1 aliphatic rings. The summed E-state index contributed by atoms with van der Waals surface area (Å²) in [5.41, 5.74) is -0.705. The highest BCUT2D eigenvalue weighted by Gasteiger charge is 2.57. The van der Waals surface area contributed by atoms with Crippen LogP contribution >= 0.6 is 0 Å². The van der Waals surface area contributed by atoms with Gasteiger partial charge in [0.05, 0.1) is 12.7 Å². The van der Waals surface area contributed by atoms with E-state index in [2.05, 4.69) is 0 Å². The number of hydrogen-bond acceptors (Lipinski definition) is 5. The summed E-state index contributed by atoms with van der Waals surface area (Å²) in [7, 11) is 1.45. The number of hydrogen-bond donors (Lipinski definition) is 3. The molecule has 0 radical (unpaired) electrons. The summed E-state index contributed by atoms with van der Waals surface area (Å²) in [4.78, 5) is 0. The Morgan fingerprint density at radius 3 is 2.23 bits per heavy atom. The van der Waals surface area contributed by atoms with Crippen molar-refractivity contribution in [2.75, 3.05) is 7.11 Å². The molecule has 2 aromatic rings. The molecule has 1 heterocycles. The van der Waals surface area contributed by atoms with Crippen LogP contribution in [0.25, 0.3) is 0 Å². The maximum atomic E-state index is 13.6. The van der Waals surface area contributed by atoms with Crippen LogP contribution in [0.3, 0.4) is 0 Å². The molecule has 0 unspecified atom stereocenters. The van der Waals surface area contributed by atoms with E-state index in [9.17, 15) is 37.3 Å². The minimum Gasteiger partial charge on any atom is -0.497 e. The predicted molar refractivity (Wildman–Crippen MR) is 94.0 cm³/mol. The van der Waals surface area contributed by atoms with Crippen molar-refractivity contribution in [3.8, 4) is 5.75 Å². The van der Waals surface area contributed by atoms with Gasteiger partial charge in [0.15, 0.2) is 6.10 Å². The number of halogens is 5. The second-order valence-electron chi connectivity index (χ2n) is 6.96. The zero-order valence-electron chi connectivity index (χ0n) is 15.6. The van der Waals surface area contributed by atoms with E-state index in [0.717, 1.165) is 18.2 Å². The Kier molecular flexibility index (Phi) is 6.06. The summed E-state index contributed by atoms with van der Waals surface area (Å²) >= 11 is 0. The van der Waals surface area contributed by atoms with Gasteiger partial charge in [0.25, 0.3) is 0 Å². The van der Waals surface area contributed by atoms with Gasteiger partial charge in [-0.2, -0.15) is 22.0 Å². The van der Waals surface area contributed by atoms with Crippen LogP contribution in [0.1, 0.15) is 28.4 Å². The molecule has 164 valence electrons. The van der Waals surface area contributed by atoms with Gasteiger partial charge in [-0.25, -0.2) is 0 Å². The molecule has 2 aromatic carbocycles. The fourth-order valence-electron chi connectivity index (χ4n) is 3.30. The van der Waals surface area contributed by atoms with Crippen molar-refractivity contribution in [2.45, 2.75) is 43.1 Å². The van der Waals surface area contributed by atoms with Gasteiger partial charge < -0.3 is 24.8 Å². The maximum absolute atomic E-state index is 13.6. The third-order valence-corrected chi connectivity index (χ3v) is 4.95. The Bertz CT molecular complexity index is 884. The molecule has 0 bridgehead atoms. The van der Waals surface area contributed by atoms with Crippen LogP contribution in [-0.2, 0) is 17.3 Å². The molecule has 3 rings (SSSR count). The number of alkyl halides is 5. The summed E-state index contributed by atoms with van der Waals surface area (Å²) < 4.78 is 77.4. The van der Waals surface area contributed by atoms with Gasteiger partial charge in [-0.1, -0.05) is 24.3 Å². The molecule has 0 aliphatic carbocycles. The minimum absolute atomic E-state index is 0.0902. The van der Waals surface area contributed by atoms with Crippen LogP contribution in [0.5, 0.6) is 5.75 Å². The molecular formula is C20H19F5O5. The molecule has 0 spiro atoms. The quantitative estimate of drug-likeness (QED) is 0.645. The van der Waals surface area contributed by atoms with E-state index in [0.29, 0.717) is 11.3 Å². The monoisotopic (exact) mass is 434 g/mol. The summed E-state index contributed by atoms with van der Waals surface area (Å²) in [6, 6.07) is 9.07. The summed E-state index contributed by atoms with van der Waals surface area (Å²) in [5, 5.41) is 29.1. The molecule has 4 atom stereocenters. The standard InChI is InChI=1S/C20H19F5O5/c1-29-13-5-2-10(3-6-13)8-12-9-11(4-7-14(12)20(23,24)25)16-15(26)17(27)19(21,22)18(28)30-16/h2-7,9,15-18,26-28H,8H2,1H3/t15-,16-,17+,18-/m0/s1. The lowest BCUT2D eigenvalue weighted by molar-refractivity contribution is -0.345. The Morgan fingerprint density at radius 1 is 1.03 bits per heavy atom. The van der Waals surface area contributed by atoms with Gasteiger partial charge in [-0.15, -0.1) is 0 Å². The Labute approximate surface area is 168 Å². The van der Waals surface area contributed by atoms with Crippen LogP contribution in [-0.4, -0.2) is 46.8 Å². The van der Waals surface area contributed by atoms with Crippen molar-refractivity contribution in [1.29, 1.82) is 0 Å². The number of methoxy groups -OCH3 is 1. The third-order valence-electron chi connectivity index (χ3n) is 4.95. The van der Waals surface area contributed by atoms with Gasteiger partial charge in [0.1, 0.15) is 18.0 Å². The Hall–Kier alpha value is -2.27. The fourth-order valence-corrected chi connectivity index (χ4v) is 3.30. The first-order chi connectivity index (χ1) is 13.9. The lowest BCUT2D eigenvalue weighted by Crippen LogP contribution is -2.58. The Balaban J connectivity index is 1.98. The van der Waals surface area contributed by atoms with Crippen LogP contribution < -0.4 is 4.74 Å². The highest BCUT2D eigenvalue weighted by molar-refractivity contribution is 5.40. The molecule has 10 heteroatoms. The average Bonchev–Trinajstić information content (AvgIpc) is 2.69. The maximum Gasteiger partial charge on any atom is 0.416 e. The zero-order chi connectivity index (χ0) is 22.3. The van der Waals surface area contributed by atoms with E-state index in [-0.39, 0.29) is 17.5 Å². The number of ether oxygens (including phenoxy) is 2. The van der Waals surface area contributed by atoms with Gasteiger partial charge in [0.2, 0.25) is 6.29 Å². The highest BCUT2D eigenvalue weighted by Crippen LogP contribution is 2.41. The fraction of sp³-hybridized carbons (Fsp3) is 0.400. The van der Waals surface area contributed by atoms with Crippen molar-refractivity contribution in [3.05, 3.63) is 64.7 Å². The van der Waals surface area contributed by atoms with Gasteiger partial charge >= 0.3 is 12.1 Å². The normalized spacial score (nSPS) is 26.4. The van der Waals surface area contributed by atoms with E-state index in [1.165, 1.54) is 7.11 Å². The van der Waals surface area contributed by atoms with Gasteiger partial charge in [-0.3, -0.25) is 0 Å². The first kappa shape index (κ1) is 22.4. The van der Waals surface area contributed by atoms with Gasteiger partial charge in [0, 0.05) is 0 Å². The highest BCUT2D eigenvalue weighted by atomic mass is 19.4. The third kappa shape index (κ3) is 4.27. The lowest BCUT2D eigenvalue weighted by atomic mass is 9.90. The first-order valence-corrected chi connectivity index (χ1v) is 8.85.